The average molecular weight is 257 g/mol. The molecule has 2 unspecified atom stereocenters. The molecule has 0 amide bonds. The molecule has 19 heavy (non-hydrogen) atoms. The summed E-state index contributed by atoms with van der Waals surface area (Å²) in [6, 6.07) is 7.07. The third kappa shape index (κ3) is 2.86. The number of hydrogen-bond acceptors (Lipinski definition) is 1. The fraction of sp³-hybridized carbons (Fsp3) is 0.667. The lowest BCUT2D eigenvalue weighted by Gasteiger charge is -2.32. The van der Waals surface area contributed by atoms with Crippen LogP contribution in [0, 0.1) is 31.1 Å². The third-order valence-electron chi connectivity index (χ3n) is 5.07. The highest BCUT2D eigenvalue weighted by Gasteiger charge is 2.53. The van der Waals surface area contributed by atoms with Crippen LogP contribution in [-0.4, -0.2) is 13.1 Å². The van der Waals surface area contributed by atoms with Crippen LogP contribution in [0.1, 0.15) is 42.9 Å². The Balaban J connectivity index is 1.77. The van der Waals surface area contributed by atoms with Crippen molar-refractivity contribution in [3.05, 3.63) is 34.9 Å². The first-order valence-corrected chi connectivity index (χ1v) is 7.88. The van der Waals surface area contributed by atoms with Crippen molar-refractivity contribution >= 4 is 0 Å². The molecular weight excluding hydrogens is 230 g/mol. The molecule has 3 rings (SSSR count). The summed E-state index contributed by atoms with van der Waals surface area (Å²) in [6.45, 7) is 8.98. The lowest BCUT2D eigenvalue weighted by atomic mass is 9.77. The minimum Gasteiger partial charge on any atom is -0.316 e. The van der Waals surface area contributed by atoms with Gasteiger partial charge in [-0.05, 0) is 68.9 Å². The number of rotatable bonds is 5. The molecule has 104 valence electrons. The van der Waals surface area contributed by atoms with Crippen LogP contribution < -0.4 is 5.32 Å². The van der Waals surface area contributed by atoms with E-state index in [4.69, 9.17) is 0 Å². The first kappa shape index (κ1) is 13.2. The Morgan fingerprint density at radius 3 is 2.32 bits per heavy atom. The summed E-state index contributed by atoms with van der Waals surface area (Å²) in [5, 5.41) is 3.62. The maximum Gasteiger partial charge on any atom is 0.00111 e. The molecule has 0 spiro atoms. The zero-order valence-electron chi connectivity index (χ0n) is 12.6. The highest BCUT2D eigenvalue weighted by molar-refractivity contribution is 5.30. The van der Waals surface area contributed by atoms with Gasteiger partial charge in [0.25, 0.3) is 0 Å². The Labute approximate surface area is 117 Å². The van der Waals surface area contributed by atoms with Crippen LogP contribution in [0.4, 0.5) is 0 Å². The van der Waals surface area contributed by atoms with Crippen molar-refractivity contribution in [1.29, 1.82) is 0 Å². The second kappa shape index (κ2) is 4.94. The molecule has 0 bridgehead atoms. The van der Waals surface area contributed by atoms with E-state index >= 15 is 0 Å². The van der Waals surface area contributed by atoms with Crippen molar-refractivity contribution in [2.45, 2.75) is 46.5 Å². The van der Waals surface area contributed by atoms with Gasteiger partial charge >= 0.3 is 0 Å². The largest absolute Gasteiger partial charge is 0.316 e. The summed E-state index contributed by atoms with van der Waals surface area (Å²) in [7, 11) is 0. The second-order valence-electron chi connectivity index (χ2n) is 7.12. The number of aryl methyl sites for hydroxylation is 2. The molecular formula is C18H27N. The molecule has 2 aliphatic rings. The van der Waals surface area contributed by atoms with E-state index in [-0.39, 0.29) is 0 Å². The van der Waals surface area contributed by atoms with Gasteiger partial charge in [-0.1, -0.05) is 36.2 Å². The quantitative estimate of drug-likeness (QED) is 0.844. The zero-order valence-corrected chi connectivity index (χ0v) is 12.6. The fourth-order valence-electron chi connectivity index (χ4n) is 4.35. The molecule has 1 aromatic carbocycles. The molecule has 2 aliphatic carbocycles. The molecule has 0 aliphatic heterocycles. The van der Waals surface area contributed by atoms with E-state index in [0.717, 1.165) is 18.4 Å². The van der Waals surface area contributed by atoms with Crippen molar-refractivity contribution < 1.29 is 0 Å². The van der Waals surface area contributed by atoms with Gasteiger partial charge in [-0.2, -0.15) is 0 Å². The lowest BCUT2D eigenvalue weighted by Crippen LogP contribution is -2.35. The Morgan fingerprint density at radius 1 is 1.11 bits per heavy atom. The number of fused-ring (bicyclic) bond motifs is 1. The van der Waals surface area contributed by atoms with E-state index < -0.39 is 0 Å². The highest BCUT2D eigenvalue weighted by atomic mass is 14.9. The normalized spacial score (nSPS) is 32.4. The Hall–Kier alpha value is -0.820. The van der Waals surface area contributed by atoms with E-state index in [1.165, 1.54) is 43.4 Å². The summed E-state index contributed by atoms with van der Waals surface area (Å²) in [5.41, 5.74) is 4.93. The molecule has 0 radical (unpaired) electrons. The summed E-state index contributed by atoms with van der Waals surface area (Å²) in [5.74, 6) is 2.12. The van der Waals surface area contributed by atoms with Crippen LogP contribution >= 0.6 is 0 Å². The van der Waals surface area contributed by atoms with Crippen molar-refractivity contribution in [2.75, 3.05) is 13.1 Å². The van der Waals surface area contributed by atoms with Gasteiger partial charge < -0.3 is 5.32 Å². The van der Waals surface area contributed by atoms with Gasteiger partial charge in [-0.3, -0.25) is 0 Å². The van der Waals surface area contributed by atoms with Crippen molar-refractivity contribution in [3.8, 4) is 0 Å². The maximum atomic E-state index is 3.62. The van der Waals surface area contributed by atoms with Crippen LogP contribution in [0.2, 0.25) is 0 Å². The van der Waals surface area contributed by atoms with Gasteiger partial charge in [0.15, 0.2) is 0 Å². The standard InChI is InChI=1S/C18H27N/c1-4-19-12-18(10-16-8-17(16)11-18)9-15-6-13(2)5-14(3)7-15/h5-7,16-17,19H,4,8-12H2,1-3H3. The molecule has 2 fully saturated rings. The SMILES string of the molecule is CCNCC1(Cc2cc(C)cc(C)c2)CC2CC2C1. The van der Waals surface area contributed by atoms with Gasteiger partial charge in [0.2, 0.25) is 0 Å². The first-order valence-electron chi connectivity index (χ1n) is 7.88. The van der Waals surface area contributed by atoms with E-state index in [2.05, 4.69) is 44.3 Å². The number of nitrogens with one attached hydrogen (secondary N) is 1. The third-order valence-corrected chi connectivity index (χ3v) is 5.07. The highest BCUT2D eigenvalue weighted by Crippen LogP contribution is 2.60. The fourth-order valence-corrected chi connectivity index (χ4v) is 4.35. The van der Waals surface area contributed by atoms with E-state index in [0.29, 0.717) is 5.41 Å². The van der Waals surface area contributed by atoms with Gasteiger partial charge in [0.05, 0.1) is 0 Å². The molecule has 2 saturated carbocycles. The predicted octanol–water partition coefficient (Wildman–Crippen LogP) is 3.87. The molecule has 1 heteroatoms. The maximum absolute atomic E-state index is 3.62. The Bertz CT molecular complexity index is 433. The molecule has 0 saturated heterocycles. The van der Waals surface area contributed by atoms with Gasteiger partial charge in [-0.25, -0.2) is 0 Å². The molecule has 0 aromatic heterocycles. The molecule has 1 nitrogen and oxygen atoms in total. The van der Waals surface area contributed by atoms with Crippen LogP contribution in [-0.2, 0) is 6.42 Å². The Morgan fingerprint density at radius 2 is 1.74 bits per heavy atom. The van der Waals surface area contributed by atoms with E-state index in [9.17, 15) is 0 Å². The predicted molar refractivity (Wildman–Crippen MR) is 81.4 cm³/mol. The molecule has 1 aromatic rings. The first-order chi connectivity index (χ1) is 9.10. The van der Waals surface area contributed by atoms with Crippen LogP contribution in [0.25, 0.3) is 0 Å². The number of hydrogen-bond donors (Lipinski definition) is 1. The van der Waals surface area contributed by atoms with Gasteiger partial charge in [0.1, 0.15) is 0 Å². The summed E-state index contributed by atoms with van der Waals surface area (Å²) < 4.78 is 0. The van der Waals surface area contributed by atoms with E-state index in [1.807, 2.05) is 0 Å². The number of benzene rings is 1. The summed E-state index contributed by atoms with van der Waals surface area (Å²) in [4.78, 5) is 0. The smallest absolute Gasteiger partial charge is 0.00111 e. The van der Waals surface area contributed by atoms with Gasteiger partial charge in [0, 0.05) is 6.54 Å². The van der Waals surface area contributed by atoms with Crippen LogP contribution in [0.3, 0.4) is 0 Å². The van der Waals surface area contributed by atoms with Crippen molar-refractivity contribution in [2.24, 2.45) is 17.3 Å². The average Bonchev–Trinajstić information content (AvgIpc) is 2.94. The van der Waals surface area contributed by atoms with Crippen LogP contribution in [0.5, 0.6) is 0 Å². The van der Waals surface area contributed by atoms with Crippen LogP contribution in [0.15, 0.2) is 18.2 Å². The van der Waals surface area contributed by atoms with E-state index in [1.54, 1.807) is 5.56 Å². The topological polar surface area (TPSA) is 12.0 Å². The summed E-state index contributed by atoms with van der Waals surface area (Å²) >= 11 is 0. The van der Waals surface area contributed by atoms with Crippen molar-refractivity contribution in [3.63, 3.8) is 0 Å². The van der Waals surface area contributed by atoms with Gasteiger partial charge in [-0.15, -0.1) is 0 Å². The lowest BCUT2D eigenvalue weighted by molar-refractivity contribution is 0.250. The minimum absolute atomic E-state index is 0.545. The van der Waals surface area contributed by atoms with Crippen molar-refractivity contribution in [1.82, 2.24) is 5.32 Å². The Kier molecular flexibility index (Phi) is 3.42. The molecule has 1 N–H and O–H groups in total. The second-order valence-corrected chi connectivity index (χ2v) is 7.12. The monoisotopic (exact) mass is 257 g/mol. The minimum atomic E-state index is 0.545. The summed E-state index contributed by atoms with van der Waals surface area (Å²) in [6.07, 6.45) is 5.70. The molecule has 0 heterocycles. The molecule has 2 atom stereocenters. The zero-order chi connectivity index (χ0) is 13.5.